The van der Waals surface area contributed by atoms with Crippen LogP contribution in [-0.2, 0) is 6.54 Å². The third-order valence-electron chi connectivity index (χ3n) is 3.05. The van der Waals surface area contributed by atoms with Crippen LogP contribution >= 0.6 is 0 Å². The molecule has 0 bridgehead atoms. The predicted molar refractivity (Wildman–Crippen MR) is 66.9 cm³/mol. The second kappa shape index (κ2) is 5.92. The first-order valence-corrected chi connectivity index (χ1v) is 5.86. The average Bonchev–Trinajstić information content (AvgIpc) is 2.20. The van der Waals surface area contributed by atoms with E-state index >= 15 is 0 Å². The number of benzene rings is 1. The molecule has 0 heterocycles. The van der Waals surface area contributed by atoms with Gasteiger partial charge in [0.2, 0.25) is 0 Å². The molecule has 0 aliphatic heterocycles. The minimum Gasteiger partial charge on any atom is -0.312 e. The van der Waals surface area contributed by atoms with E-state index in [0.717, 1.165) is 24.9 Å². The van der Waals surface area contributed by atoms with Gasteiger partial charge in [0.1, 0.15) is 0 Å². The predicted octanol–water partition coefficient (Wildman–Crippen LogP) is 3.38. The summed E-state index contributed by atoms with van der Waals surface area (Å²) in [7, 11) is 0. The quantitative estimate of drug-likeness (QED) is 0.777. The van der Waals surface area contributed by atoms with Crippen molar-refractivity contribution in [2.75, 3.05) is 6.54 Å². The lowest BCUT2D eigenvalue weighted by Crippen LogP contribution is -2.23. The van der Waals surface area contributed by atoms with Crippen molar-refractivity contribution < 1.29 is 0 Å². The molecule has 0 radical (unpaired) electrons. The van der Waals surface area contributed by atoms with Gasteiger partial charge >= 0.3 is 0 Å². The normalized spacial score (nSPS) is 13.1. The van der Waals surface area contributed by atoms with E-state index in [2.05, 4.69) is 57.3 Å². The van der Waals surface area contributed by atoms with Crippen LogP contribution < -0.4 is 5.32 Å². The highest BCUT2D eigenvalue weighted by Crippen LogP contribution is 2.08. The zero-order chi connectivity index (χ0) is 11.3. The maximum Gasteiger partial charge on any atom is 0.0205 e. The minimum absolute atomic E-state index is 0.746. The van der Waals surface area contributed by atoms with Crippen molar-refractivity contribution >= 4 is 0 Å². The molecule has 1 rings (SSSR count). The van der Waals surface area contributed by atoms with Crippen LogP contribution in [0.25, 0.3) is 0 Å². The molecule has 1 heteroatoms. The lowest BCUT2D eigenvalue weighted by Gasteiger charge is -2.16. The van der Waals surface area contributed by atoms with Gasteiger partial charge < -0.3 is 5.32 Å². The first kappa shape index (κ1) is 12.3. The number of hydrogen-bond acceptors (Lipinski definition) is 1. The Labute approximate surface area is 93.9 Å². The smallest absolute Gasteiger partial charge is 0.0205 e. The van der Waals surface area contributed by atoms with Gasteiger partial charge in [-0.3, -0.25) is 0 Å². The molecular formula is C14H23N. The minimum atomic E-state index is 0.746. The van der Waals surface area contributed by atoms with Gasteiger partial charge in [0, 0.05) is 6.54 Å². The molecule has 0 aliphatic rings. The van der Waals surface area contributed by atoms with Crippen LogP contribution in [0.4, 0.5) is 0 Å². The van der Waals surface area contributed by atoms with Crippen molar-refractivity contribution in [3.8, 4) is 0 Å². The fraction of sp³-hybridized carbons (Fsp3) is 0.571. The number of aryl methyl sites for hydroxylation is 1. The first-order chi connectivity index (χ1) is 7.09. The van der Waals surface area contributed by atoms with Gasteiger partial charge in [0.15, 0.2) is 0 Å². The Morgan fingerprint density at radius 2 is 1.67 bits per heavy atom. The zero-order valence-electron chi connectivity index (χ0n) is 10.4. The summed E-state index contributed by atoms with van der Waals surface area (Å²) >= 11 is 0. The second-order valence-corrected chi connectivity index (χ2v) is 4.84. The molecule has 1 unspecified atom stereocenters. The van der Waals surface area contributed by atoms with Crippen LogP contribution in [0.3, 0.4) is 0 Å². The van der Waals surface area contributed by atoms with Crippen LogP contribution in [0.2, 0.25) is 0 Å². The molecule has 1 nitrogen and oxygen atoms in total. The maximum atomic E-state index is 3.50. The van der Waals surface area contributed by atoms with Gasteiger partial charge in [-0.2, -0.15) is 0 Å². The molecule has 1 aromatic carbocycles. The largest absolute Gasteiger partial charge is 0.312 e. The summed E-state index contributed by atoms with van der Waals surface area (Å²) in [6.07, 6.45) is 0. The molecule has 1 aromatic rings. The third-order valence-corrected chi connectivity index (χ3v) is 3.05. The van der Waals surface area contributed by atoms with E-state index in [1.165, 1.54) is 11.1 Å². The van der Waals surface area contributed by atoms with E-state index in [9.17, 15) is 0 Å². The standard InChI is InChI=1S/C14H23N/c1-11(2)13(4)9-15-10-14-7-5-12(3)6-8-14/h5-8,11,13,15H,9-10H2,1-4H3. The fourth-order valence-electron chi connectivity index (χ4n) is 1.39. The van der Waals surface area contributed by atoms with Crippen LogP contribution in [0.1, 0.15) is 31.9 Å². The van der Waals surface area contributed by atoms with Crippen LogP contribution in [0, 0.1) is 18.8 Å². The Kier molecular flexibility index (Phi) is 4.83. The number of nitrogens with one attached hydrogen (secondary N) is 1. The van der Waals surface area contributed by atoms with Gasteiger partial charge in [0.05, 0.1) is 0 Å². The highest BCUT2D eigenvalue weighted by atomic mass is 14.9. The molecule has 0 saturated carbocycles. The maximum absolute atomic E-state index is 3.50. The van der Waals surface area contributed by atoms with Crippen molar-refractivity contribution in [3.63, 3.8) is 0 Å². The van der Waals surface area contributed by atoms with Crippen LogP contribution in [-0.4, -0.2) is 6.54 Å². The molecule has 1 atom stereocenters. The Balaban J connectivity index is 2.29. The van der Waals surface area contributed by atoms with Gasteiger partial charge in [-0.1, -0.05) is 50.6 Å². The summed E-state index contributed by atoms with van der Waals surface area (Å²) in [5, 5.41) is 3.50. The highest BCUT2D eigenvalue weighted by molar-refractivity contribution is 5.20. The second-order valence-electron chi connectivity index (χ2n) is 4.84. The zero-order valence-corrected chi connectivity index (χ0v) is 10.4. The molecule has 1 N–H and O–H groups in total. The topological polar surface area (TPSA) is 12.0 Å². The monoisotopic (exact) mass is 205 g/mol. The van der Waals surface area contributed by atoms with Crippen LogP contribution in [0.15, 0.2) is 24.3 Å². The van der Waals surface area contributed by atoms with E-state index in [1.54, 1.807) is 0 Å². The molecule has 0 saturated heterocycles. The molecule has 15 heavy (non-hydrogen) atoms. The SMILES string of the molecule is Cc1ccc(CNCC(C)C(C)C)cc1. The third kappa shape index (κ3) is 4.48. The van der Waals surface area contributed by atoms with Gasteiger partial charge in [-0.15, -0.1) is 0 Å². The molecule has 0 spiro atoms. The van der Waals surface area contributed by atoms with Crippen molar-refractivity contribution in [3.05, 3.63) is 35.4 Å². The van der Waals surface area contributed by atoms with Crippen molar-refractivity contribution in [1.82, 2.24) is 5.32 Å². The van der Waals surface area contributed by atoms with Crippen LogP contribution in [0.5, 0.6) is 0 Å². The summed E-state index contributed by atoms with van der Waals surface area (Å²) in [4.78, 5) is 0. The summed E-state index contributed by atoms with van der Waals surface area (Å²) < 4.78 is 0. The molecule has 84 valence electrons. The first-order valence-electron chi connectivity index (χ1n) is 5.86. The van der Waals surface area contributed by atoms with E-state index in [0.29, 0.717) is 0 Å². The highest BCUT2D eigenvalue weighted by Gasteiger charge is 2.05. The van der Waals surface area contributed by atoms with E-state index < -0.39 is 0 Å². The lowest BCUT2D eigenvalue weighted by molar-refractivity contribution is 0.392. The van der Waals surface area contributed by atoms with Crippen molar-refractivity contribution in [1.29, 1.82) is 0 Å². The number of rotatable bonds is 5. The van der Waals surface area contributed by atoms with Crippen molar-refractivity contribution in [2.45, 2.75) is 34.2 Å². The molecule has 0 fully saturated rings. The molecule has 0 aliphatic carbocycles. The Morgan fingerprint density at radius 3 is 2.20 bits per heavy atom. The lowest BCUT2D eigenvalue weighted by atomic mass is 9.98. The summed E-state index contributed by atoms with van der Waals surface area (Å²) in [5.41, 5.74) is 2.70. The van der Waals surface area contributed by atoms with E-state index in [-0.39, 0.29) is 0 Å². The number of hydrogen-bond donors (Lipinski definition) is 1. The van der Waals surface area contributed by atoms with E-state index in [4.69, 9.17) is 0 Å². The van der Waals surface area contributed by atoms with Gasteiger partial charge in [-0.05, 0) is 30.9 Å². The summed E-state index contributed by atoms with van der Waals surface area (Å²) in [6.45, 7) is 11.1. The van der Waals surface area contributed by atoms with E-state index in [1.807, 2.05) is 0 Å². The fourth-order valence-corrected chi connectivity index (χ4v) is 1.39. The van der Waals surface area contributed by atoms with Gasteiger partial charge in [-0.25, -0.2) is 0 Å². The average molecular weight is 205 g/mol. The Bertz CT molecular complexity index is 274. The summed E-state index contributed by atoms with van der Waals surface area (Å²) in [6, 6.07) is 8.73. The Hall–Kier alpha value is -0.820. The molecule has 0 aromatic heterocycles. The van der Waals surface area contributed by atoms with Crippen molar-refractivity contribution in [2.24, 2.45) is 11.8 Å². The Morgan fingerprint density at radius 1 is 1.07 bits per heavy atom. The molecule has 0 amide bonds. The van der Waals surface area contributed by atoms with Gasteiger partial charge in [0.25, 0.3) is 0 Å². The summed E-state index contributed by atoms with van der Waals surface area (Å²) in [5.74, 6) is 1.51. The molecular weight excluding hydrogens is 182 g/mol.